The number of anilines is 1. The zero-order valence-electron chi connectivity index (χ0n) is 19.1. The van der Waals surface area contributed by atoms with Gasteiger partial charge in [0.25, 0.3) is 0 Å². The van der Waals surface area contributed by atoms with E-state index in [-0.39, 0.29) is 34.9 Å². The maximum Gasteiger partial charge on any atom is 0.320 e. The molecule has 0 radical (unpaired) electrons. The molecule has 3 heterocycles. The molecule has 6 atom stereocenters. The Balaban J connectivity index is 0.00000342. The summed E-state index contributed by atoms with van der Waals surface area (Å²) in [7, 11) is -0.246. The lowest BCUT2D eigenvalue weighted by Gasteiger charge is -2.16. The van der Waals surface area contributed by atoms with E-state index in [1.165, 1.54) is 12.7 Å². The Morgan fingerprint density at radius 2 is 1.97 bits per heavy atom. The minimum Gasteiger partial charge on any atom is -1.00 e. The van der Waals surface area contributed by atoms with Gasteiger partial charge in [-0.25, -0.2) is 15.0 Å². The second kappa shape index (κ2) is 12.3. The van der Waals surface area contributed by atoms with Gasteiger partial charge in [-0.3, -0.25) is 9.36 Å². The van der Waals surface area contributed by atoms with Crippen molar-refractivity contribution in [3.8, 4) is 0 Å². The molecule has 1 fully saturated rings. The molecule has 13 heteroatoms. The lowest BCUT2D eigenvalue weighted by molar-refractivity contribution is -0.138. The largest absolute Gasteiger partial charge is 1.00 e. The van der Waals surface area contributed by atoms with Gasteiger partial charge in [-0.15, -0.1) is 0 Å². The molecule has 190 valence electrons. The number of rotatable bonds is 10. The van der Waals surface area contributed by atoms with E-state index >= 15 is 0 Å². The molecule has 0 bridgehead atoms. The van der Waals surface area contributed by atoms with E-state index < -0.39 is 36.6 Å². The van der Waals surface area contributed by atoms with Gasteiger partial charge >= 0.3 is 5.97 Å². The molecule has 1 aromatic carbocycles. The SMILES string of the molecule is C[S+](CC[C@H](N)C(=O)O)C[C@H]1O[C@@H](n2cnc3c(NCc4ccccc4)ncnc32)[C@H](O)[C@@H]1O.[I-]. The van der Waals surface area contributed by atoms with Crippen LogP contribution in [0.4, 0.5) is 5.82 Å². The van der Waals surface area contributed by atoms with Gasteiger partial charge in [0.15, 0.2) is 23.2 Å². The summed E-state index contributed by atoms with van der Waals surface area (Å²) in [5, 5.41) is 33.5. The van der Waals surface area contributed by atoms with Crippen LogP contribution in [0.2, 0.25) is 0 Å². The molecule has 35 heavy (non-hydrogen) atoms. The van der Waals surface area contributed by atoms with Crippen molar-refractivity contribution in [2.75, 3.05) is 23.1 Å². The molecule has 6 N–H and O–H groups in total. The van der Waals surface area contributed by atoms with Gasteiger partial charge in [0.05, 0.1) is 12.6 Å². The number of hydrogen-bond donors (Lipinski definition) is 5. The first-order chi connectivity index (χ1) is 16.3. The number of hydrogen-bond acceptors (Lipinski definition) is 9. The van der Waals surface area contributed by atoms with Crippen LogP contribution in [-0.4, -0.2) is 82.9 Å². The lowest BCUT2D eigenvalue weighted by atomic mass is 10.1. The fourth-order valence-corrected chi connectivity index (χ4v) is 5.52. The Kier molecular flexibility index (Phi) is 9.66. The molecule has 11 nitrogen and oxygen atoms in total. The predicted molar refractivity (Wildman–Crippen MR) is 128 cm³/mol. The van der Waals surface area contributed by atoms with Crippen LogP contribution >= 0.6 is 0 Å². The number of aromatic nitrogens is 4. The molecule has 3 aromatic rings. The Morgan fingerprint density at radius 1 is 1.23 bits per heavy atom. The first-order valence-corrected chi connectivity index (χ1v) is 12.9. The molecule has 1 saturated heterocycles. The lowest BCUT2D eigenvalue weighted by Crippen LogP contribution is -3.00. The highest BCUT2D eigenvalue weighted by Crippen LogP contribution is 2.33. The number of carboxylic acids is 1. The summed E-state index contributed by atoms with van der Waals surface area (Å²) >= 11 is 0. The van der Waals surface area contributed by atoms with Gasteiger partial charge in [0.1, 0.15) is 42.2 Å². The van der Waals surface area contributed by atoms with E-state index in [1.54, 1.807) is 4.57 Å². The average molecular weight is 616 g/mol. The Morgan fingerprint density at radius 3 is 2.69 bits per heavy atom. The van der Waals surface area contributed by atoms with E-state index in [0.717, 1.165) is 5.56 Å². The predicted octanol–water partition coefficient (Wildman–Crippen LogP) is -2.89. The molecular weight excluding hydrogens is 587 g/mol. The fourth-order valence-electron chi connectivity index (χ4n) is 3.86. The Labute approximate surface area is 222 Å². The topological polar surface area (TPSA) is 169 Å². The van der Waals surface area contributed by atoms with E-state index in [0.29, 0.717) is 41.5 Å². The first-order valence-electron chi connectivity index (χ1n) is 10.9. The zero-order valence-corrected chi connectivity index (χ0v) is 22.0. The summed E-state index contributed by atoms with van der Waals surface area (Å²) in [6.45, 7) is 0.563. The summed E-state index contributed by atoms with van der Waals surface area (Å²) in [6.07, 6.45) is 1.51. The van der Waals surface area contributed by atoms with E-state index in [1.807, 2.05) is 36.6 Å². The minimum atomic E-state index is -1.17. The van der Waals surface area contributed by atoms with Crippen molar-refractivity contribution in [2.24, 2.45) is 5.73 Å². The van der Waals surface area contributed by atoms with Crippen LogP contribution in [0, 0.1) is 0 Å². The minimum absolute atomic E-state index is 0. The van der Waals surface area contributed by atoms with Gasteiger partial charge in [0.2, 0.25) is 0 Å². The van der Waals surface area contributed by atoms with Gasteiger partial charge in [-0.2, -0.15) is 0 Å². The smallest absolute Gasteiger partial charge is 0.320 e. The third-order valence-corrected chi connectivity index (χ3v) is 7.65. The molecule has 0 saturated carbocycles. The van der Waals surface area contributed by atoms with Crippen LogP contribution in [0.15, 0.2) is 43.0 Å². The van der Waals surface area contributed by atoms with E-state index in [4.69, 9.17) is 15.6 Å². The Hall–Kier alpha value is -2.04. The number of nitrogens with zero attached hydrogens (tertiary/aromatic N) is 4. The normalized spacial score (nSPS) is 23.5. The van der Waals surface area contributed by atoms with Crippen LogP contribution in [-0.2, 0) is 27.0 Å². The molecule has 1 aliphatic heterocycles. The number of aliphatic carboxylic acids is 1. The maximum atomic E-state index is 10.9. The zero-order chi connectivity index (χ0) is 24.2. The second-order valence-corrected chi connectivity index (χ2v) is 10.6. The summed E-state index contributed by atoms with van der Waals surface area (Å²) < 4.78 is 7.64. The van der Waals surface area contributed by atoms with Crippen molar-refractivity contribution in [2.45, 2.75) is 43.5 Å². The van der Waals surface area contributed by atoms with Crippen molar-refractivity contribution >= 4 is 33.8 Å². The number of benzene rings is 1. The number of carbonyl (C=O) groups is 1. The number of carboxylic acid groups (broad SMARTS) is 1. The fraction of sp³-hybridized carbons (Fsp3) is 0.455. The van der Waals surface area contributed by atoms with Crippen molar-refractivity contribution in [3.63, 3.8) is 0 Å². The van der Waals surface area contributed by atoms with Gasteiger partial charge in [0, 0.05) is 13.0 Å². The number of halogens is 1. The van der Waals surface area contributed by atoms with Crippen LogP contribution in [0.25, 0.3) is 11.2 Å². The van der Waals surface area contributed by atoms with Gasteiger partial charge in [-0.05, 0) is 16.5 Å². The van der Waals surface area contributed by atoms with E-state index in [9.17, 15) is 15.0 Å². The summed E-state index contributed by atoms with van der Waals surface area (Å²) in [5.74, 6) is 0.601. The monoisotopic (exact) mass is 616 g/mol. The van der Waals surface area contributed by atoms with Crippen molar-refractivity contribution in [1.29, 1.82) is 0 Å². The van der Waals surface area contributed by atoms with Gasteiger partial charge < -0.3 is 55.1 Å². The number of aliphatic hydroxyl groups is 2. The highest BCUT2D eigenvalue weighted by molar-refractivity contribution is 7.96. The van der Waals surface area contributed by atoms with Gasteiger partial charge in [-0.1, -0.05) is 30.3 Å². The molecule has 0 aliphatic carbocycles. The summed E-state index contributed by atoms with van der Waals surface area (Å²) in [4.78, 5) is 24.0. The molecule has 4 rings (SSSR count). The van der Waals surface area contributed by atoms with Crippen molar-refractivity contribution in [3.05, 3.63) is 48.5 Å². The number of fused-ring (bicyclic) bond motifs is 1. The molecule has 2 aromatic heterocycles. The molecule has 1 aliphatic rings. The molecule has 0 amide bonds. The van der Waals surface area contributed by atoms with Crippen LogP contribution in [0.5, 0.6) is 0 Å². The second-order valence-electron chi connectivity index (χ2n) is 8.32. The molecule has 1 unspecified atom stereocenters. The van der Waals surface area contributed by atoms with Crippen LogP contribution < -0.4 is 35.0 Å². The van der Waals surface area contributed by atoms with Crippen LogP contribution in [0.3, 0.4) is 0 Å². The molecular formula is C22H29IN6O5S. The standard InChI is InChI=1S/C22H28N6O5S.HI/c1-34(8-7-14(23)22(31)32)10-15-17(29)18(30)21(33-15)28-12-27-16-19(25-11-26-20(16)28)24-9-13-5-3-2-4-6-13;/h2-6,11-12,14-15,17-18,21,29-30H,7-10,23H2,1H3,(H-,24,25,26,31,32);1H/t14-,15+,17+,18+,21+,34?;/m0./s1. The Bertz CT molecular complexity index is 1120. The number of nitrogens with two attached hydrogens (primary N) is 1. The quantitative estimate of drug-likeness (QED) is 0.118. The molecule has 0 spiro atoms. The summed E-state index contributed by atoms with van der Waals surface area (Å²) in [5.41, 5.74) is 7.69. The highest BCUT2D eigenvalue weighted by atomic mass is 127. The third kappa shape index (κ3) is 6.40. The average Bonchev–Trinajstić information content (AvgIpc) is 3.38. The van der Waals surface area contributed by atoms with Crippen molar-refractivity contribution < 1.29 is 48.8 Å². The highest BCUT2D eigenvalue weighted by Gasteiger charge is 2.46. The summed E-state index contributed by atoms with van der Waals surface area (Å²) in [6, 6.07) is 8.98. The third-order valence-electron chi connectivity index (χ3n) is 5.82. The number of imidazole rings is 1. The van der Waals surface area contributed by atoms with Crippen molar-refractivity contribution in [1.82, 2.24) is 19.5 Å². The first kappa shape index (κ1) is 27.5. The maximum absolute atomic E-state index is 10.9. The van der Waals surface area contributed by atoms with Crippen LogP contribution in [0.1, 0.15) is 18.2 Å². The number of aliphatic hydroxyl groups excluding tert-OH is 2. The number of ether oxygens (including phenoxy) is 1. The van der Waals surface area contributed by atoms with E-state index in [2.05, 4.69) is 20.3 Å². The number of nitrogens with one attached hydrogen (secondary N) is 1.